The highest BCUT2D eigenvalue weighted by Gasteiger charge is 2.38. The number of carbonyl (C=O) groups is 4. The minimum atomic E-state index is -3.67. The van der Waals surface area contributed by atoms with Gasteiger partial charge in [0.2, 0.25) is 0 Å². The molecule has 0 spiro atoms. The number of imide groups is 2. The molecule has 2 unspecified atom stereocenters. The molecule has 0 saturated carbocycles. The summed E-state index contributed by atoms with van der Waals surface area (Å²) in [5, 5.41) is 15.5. The highest BCUT2D eigenvalue weighted by molar-refractivity contribution is 7.85. The molecule has 18 nitrogen and oxygen atoms in total. The third-order valence-electron chi connectivity index (χ3n) is 9.19. The van der Waals surface area contributed by atoms with Crippen LogP contribution in [0, 0.1) is 10.1 Å². The minimum absolute atomic E-state index is 0.0252. The molecule has 5 aromatic carbocycles. The van der Waals surface area contributed by atoms with Crippen LogP contribution in [0.2, 0.25) is 0 Å². The van der Waals surface area contributed by atoms with Gasteiger partial charge in [0.1, 0.15) is 5.75 Å². The fourth-order valence-corrected chi connectivity index (χ4v) is 6.66. The molecule has 2 aliphatic heterocycles. The Bertz CT molecular complexity index is 2680. The minimum Gasteiger partial charge on any atom is -0.497 e. The van der Waals surface area contributed by atoms with E-state index in [0.29, 0.717) is 45.5 Å². The third-order valence-corrected chi connectivity index (χ3v) is 9.19. The average Bonchev–Trinajstić information content (AvgIpc) is 3.38. The number of nitrogens with zero attached hydrogens (tertiary/aromatic N) is 3. The van der Waals surface area contributed by atoms with E-state index in [-0.39, 0.29) is 42.7 Å². The first kappa shape index (κ1) is 42.2. The van der Waals surface area contributed by atoms with Crippen LogP contribution in [-0.4, -0.2) is 109 Å². The molecule has 20 heteroatoms. The van der Waals surface area contributed by atoms with Gasteiger partial charge < -0.3 is 16.2 Å². The molecule has 0 saturated heterocycles. The highest BCUT2D eigenvalue weighted by Crippen LogP contribution is 2.37. The van der Waals surface area contributed by atoms with E-state index in [1.54, 1.807) is 31.4 Å². The van der Waals surface area contributed by atoms with E-state index in [2.05, 4.69) is 0 Å². The normalized spacial score (nSPS) is 14.9. The van der Waals surface area contributed by atoms with Crippen molar-refractivity contribution in [2.75, 3.05) is 32.7 Å². The molecule has 4 amide bonds. The zero-order valence-electron chi connectivity index (χ0n) is 30.6. The van der Waals surface area contributed by atoms with E-state index in [9.17, 15) is 46.1 Å². The molecule has 2 heterocycles. The lowest BCUT2D eigenvalue weighted by molar-refractivity contribution is -0.384. The van der Waals surface area contributed by atoms with Gasteiger partial charge in [0, 0.05) is 53.6 Å². The molecular formula is C37H37N5O13S2. The molecule has 0 aromatic heterocycles. The van der Waals surface area contributed by atoms with E-state index in [0.717, 1.165) is 21.1 Å². The van der Waals surface area contributed by atoms with E-state index >= 15 is 0 Å². The van der Waals surface area contributed by atoms with Gasteiger partial charge in [0.05, 0.1) is 41.2 Å². The number of benzene rings is 5. The van der Waals surface area contributed by atoms with Crippen LogP contribution in [0.1, 0.15) is 54.3 Å². The van der Waals surface area contributed by atoms with Crippen molar-refractivity contribution >= 4 is 81.9 Å². The van der Waals surface area contributed by atoms with Gasteiger partial charge in [-0.15, -0.1) is 0 Å². The number of rotatable bonds is 9. The molecule has 0 fully saturated rings. The van der Waals surface area contributed by atoms with Gasteiger partial charge in [-0.25, -0.2) is 0 Å². The molecule has 300 valence electrons. The number of carbonyl (C=O) groups excluding carboxylic acids is 4. The van der Waals surface area contributed by atoms with E-state index in [4.69, 9.17) is 25.3 Å². The first-order chi connectivity index (χ1) is 26.6. The van der Waals surface area contributed by atoms with E-state index in [1.165, 1.54) is 17.0 Å². The lowest BCUT2D eigenvalue weighted by Crippen LogP contribution is -2.48. The largest absolute Gasteiger partial charge is 0.497 e. The SMILES string of the molecule is COc1ccc2ccc3ccc4c(c3c2c1)C(=O)N(CCC(N)C(N)CCN1C(=O)c2cccc3cc([N+](=O)[O-])cc(c23)C1=O)C4=O.CS(=O)(=O)O.CS(=O)(=O)O. The smallest absolute Gasteiger partial charge is 0.270 e. The van der Waals surface area contributed by atoms with Crippen molar-refractivity contribution < 1.29 is 54.8 Å². The third kappa shape index (κ3) is 9.39. The Kier molecular flexibility index (Phi) is 12.1. The number of ether oxygens (including phenoxy) is 1. The molecule has 0 bridgehead atoms. The van der Waals surface area contributed by atoms with Crippen molar-refractivity contribution in [3.05, 3.63) is 105 Å². The van der Waals surface area contributed by atoms with Crippen LogP contribution in [-0.2, 0) is 20.2 Å². The first-order valence-electron chi connectivity index (χ1n) is 16.9. The lowest BCUT2D eigenvalue weighted by Gasteiger charge is -2.29. The summed E-state index contributed by atoms with van der Waals surface area (Å²) in [4.78, 5) is 67.0. The van der Waals surface area contributed by atoms with Crippen molar-refractivity contribution in [1.29, 1.82) is 0 Å². The number of nitro groups is 1. The van der Waals surface area contributed by atoms with Gasteiger partial charge in [-0.05, 0) is 58.7 Å². The maximum Gasteiger partial charge on any atom is 0.270 e. The Hall–Kier alpha value is -5.90. The van der Waals surface area contributed by atoms with Gasteiger partial charge in [-0.1, -0.05) is 36.4 Å². The van der Waals surface area contributed by atoms with Gasteiger partial charge >= 0.3 is 0 Å². The molecule has 2 atom stereocenters. The average molecular weight is 824 g/mol. The van der Waals surface area contributed by atoms with Crippen LogP contribution in [0.25, 0.3) is 32.3 Å². The summed E-state index contributed by atoms with van der Waals surface area (Å²) in [6.07, 6.45) is 1.76. The summed E-state index contributed by atoms with van der Waals surface area (Å²) in [5.41, 5.74) is 13.6. The van der Waals surface area contributed by atoms with Crippen molar-refractivity contribution in [1.82, 2.24) is 9.80 Å². The second kappa shape index (κ2) is 16.3. The Balaban J connectivity index is 0.000000554. The number of nitrogens with two attached hydrogens (primary N) is 2. The maximum atomic E-state index is 13.7. The van der Waals surface area contributed by atoms with Gasteiger partial charge in [-0.3, -0.25) is 48.2 Å². The fourth-order valence-electron chi connectivity index (χ4n) is 6.66. The summed E-state index contributed by atoms with van der Waals surface area (Å²) in [6.45, 7) is -0.0436. The van der Waals surface area contributed by atoms with E-state index < -0.39 is 60.9 Å². The molecule has 0 aliphatic carbocycles. The van der Waals surface area contributed by atoms with Crippen LogP contribution in [0.15, 0.2) is 72.8 Å². The Morgan fingerprint density at radius 3 is 1.77 bits per heavy atom. The first-order valence-corrected chi connectivity index (χ1v) is 20.6. The predicted molar refractivity (Wildman–Crippen MR) is 209 cm³/mol. The van der Waals surface area contributed by atoms with Crippen molar-refractivity contribution in [2.24, 2.45) is 11.5 Å². The van der Waals surface area contributed by atoms with Gasteiger partial charge in [0.15, 0.2) is 0 Å². The second-order valence-corrected chi connectivity index (χ2v) is 16.2. The Morgan fingerprint density at radius 2 is 1.19 bits per heavy atom. The number of amides is 4. The quantitative estimate of drug-likeness (QED) is 0.0545. The summed E-state index contributed by atoms with van der Waals surface area (Å²) < 4.78 is 57.1. The number of fused-ring (bicyclic) bond motifs is 5. The summed E-state index contributed by atoms with van der Waals surface area (Å²) in [5.74, 6) is -1.37. The van der Waals surface area contributed by atoms with Gasteiger partial charge in [-0.2, -0.15) is 16.8 Å². The van der Waals surface area contributed by atoms with Crippen LogP contribution in [0.5, 0.6) is 5.75 Å². The number of methoxy groups -OCH3 is 1. The zero-order chi connectivity index (χ0) is 42.1. The fraction of sp³-hybridized carbons (Fsp3) is 0.243. The standard InChI is InChI=1S/C35H29N5O7.2CH4O3S/c1-47-22-9-7-18-5-6-19-8-10-24-31(30(19)25(18)17-22)35(44)39(33(24)42)14-12-28(37)27(36)11-13-38-32(41)23-4-2-3-20-15-21(40(45)46)16-26(29(20)23)34(38)43;2*1-5(2,3)4/h2-10,15-17,27-28H,11-14,36-37H2,1H3;2*1H3,(H,2,3,4). The topological polar surface area (TPSA) is 288 Å². The molecule has 6 N–H and O–H groups in total. The number of hydrogen-bond acceptors (Lipinski definition) is 13. The zero-order valence-corrected chi connectivity index (χ0v) is 32.2. The van der Waals surface area contributed by atoms with Crippen molar-refractivity contribution in [2.45, 2.75) is 24.9 Å². The maximum absolute atomic E-state index is 13.7. The van der Waals surface area contributed by atoms with Crippen LogP contribution in [0.4, 0.5) is 5.69 Å². The second-order valence-electron chi connectivity index (χ2n) is 13.3. The van der Waals surface area contributed by atoms with Crippen molar-refractivity contribution in [3.8, 4) is 5.75 Å². The highest BCUT2D eigenvalue weighted by atomic mass is 32.2. The Morgan fingerprint density at radius 1 is 0.684 bits per heavy atom. The number of non-ortho nitro benzene ring substituents is 1. The molecule has 2 aliphatic rings. The predicted octanol–water partition coefficient (Wildman–Crippen LogP) is 3.40. The van der Waals surface area contributed by atoms with Crippen molar-refractivity contribution in [3.63, 3.8) is 0 Å². The molecule has 0 radical (unpaired) electrons. The van der Waals surface area contributed by atoms with Crippen LogP contribution >= 0.6 is 0 Å². The monoisotopic (exact) mass is 823 g/mol. The van der Waals surface area contributed by atoms with Gasteiger partial charge in [0.25, 0.3) is 49.6 Å². The Labute approximate surface area is 325 Å². The van der Waals surface area contributed by atoms with Crippen LogP contribution < -0.4 is 16.2 Å². The summed E-state index contributed by atoms with van der Waals surface area (Å²) in [6, 6.07) is 18.9. The summed E-state index contributed by atoms with van der Waals surface area (Å²) in [7, 11) is -5.77. The number of hydrogen-bond donors (Lipinski definition) is 4. The molecule has 7 rings (SSSR count). The van der Waals surface area contributed by atoms with E-state index in [1.807, 2.05) is 36.4 Å². The summed E-state index contributed by atoms with van der Waals surface area (Å²) >= 11 is 0. The molecule has 57 heavy (non-hydrogen) atoms. The number of nitro benzene ring substituents is 1. The molecular weight excluding hydrogens is 787 g/mol. The molecule has 5 aromatic rings. The lowest BCUT2D eigenvalue weighted by atomic mass is 9.93. The van der Waals surface area contributed by atoms with Crippen LogP contribution in [0.3, 0.4) is 0 Å².